The van der Waals surface area contributed by atoms with E-state index in [2.05, 4.69) is 21.8 Å². The van der Waals surface area contributed by atoms with Crippen molar-refractivity contribution in [3.63, 3.8) is 0 Å². The molecule has 0 atom stereocenters. The van der Waals surface area contributed by atoms with Gasteiger partial charge in [-0.25, -0.2) is 9.37 Å². The number of rotatable bonds is 1. The van der Waals surface area contributed by atoms with Crippen LogP contribution in [0, 0.1) is 17.7 Å². The van der Waals surface area contributed by atoms with Crippen LogP contribution < -0.4 is 4.90 Å². The molecule has 3 nitrogen and oxygen atoms in total. The fourth-order valence-corrected chi connectivity index (χ4v) is 2.10. The van der Waals surface area contributed by atoms with Crippen LogP contribution in [-0.2, 0) is 0 Å². The quantitative estimate of drug-likeness (QED) is 0.694. The van der Waals surface area contributed by atoms with E-state index < -0.39 is 0 Å². The number of aromatic nitrogens is 2. The molecule has 0 radical (unpaired) electrons. The molecule has 104 valence electrons. The van der Waals surface area contributed by atoms with Gasteiger partial charge in [-0.05, 0) is 42.3 Å². The molecule has 0 saturated carbocycles. The molecule has 3 aromatic rings. The normalized spacial score (nSPS) is 10.2. The average Bonchev–Trinajstić information content (AvgIpc) is 2.89. The van der Waals surface area contributed by atoms with E-state index in [-0.39, 0.29) is 5.82 Å². The minimum Gasteiger partial charge on any atom is -0.375 e. The van der Waals surface area contributed by atoms with Crippen LogP contribution in [0.3, 0.4) is 0 Å². The van der Waals surface area contributed by atoms with E-state index in [1.807, 2.05) is 18.2 Å². The number of nitrogens with zero attached hydrogens (tertiary/aromatic N) is 2. The molecular weight excluding hydrogens is 265 g/mol. The number of hydrogen-bond acceptors (Lipinski definition) is 2. The molecule has 4 heteroatoms. The molecule has 0 spiro atoms. The Labute approximate surface area is 122 Å². The van der Waals surface area contributed by atoms with Gasteiger partial charge < -0.3 is 9.88 Å². The number of pyridine rings is 1. The van der Waals surface area contributed by atoms with E-state index in [1.165, 1.54) is 6.07 Å². The van der Waals surface area contributed by atoms with Crippen molar-refractivity contribution in [3.8, 4) is 11.8 Å². The molecule has 0 unspecified atom stereocenters. The van der Waals surface area contributed by atoms with Crippen LogP contribution in [0.2, 0.25) is 0 Å². The highest BCUT2D eigenvalue weighted by molar-refractivity contribution is 5.77. The van der Waals surface area contributed by atoms with Gasteiger partial charge in [0, 0.05) is 31.2 Å². The largest absolute Gasteiger partial charge is 0.375 e. The molecule has 2 heterocycles. The van der Waals surface area contributed by atoms with Gasteiger partial charge in [0.25, 0.3) is 0 Å². The maximum Gasteiger partial charge on any atom is 0.146 e. The molecule has 3 rings (SSSR count). The Kier molecular flexibility index (Phi) is 3.33. The predicted molar refractivity (Wildman–Crippen MR) is 82.8 cm³/mol. The third-order valence-corrected chi connectivity index (χ3v) is 3.16. The smallest absolute Gasteiger partial charge is 0.146 e. The zero-order valence-electron chi connectivity index (χ0n) is 11.8. The summed E-state index contributed by atoms with van der Waals surface area (Å²) in [6, 6.07) is 10.7. The first-order valence-electron chi connectivity index (χ1n) is 6.56. The Bertz CT molecular complexity index is 820. The Morgan fingerprint density at radius 3 is 2.76 bits per heavy atom. The van der Waals surface area contributed by atoms with Gasteiger partial charge in [0.05, 0.1) is 11.4 Å². The number of aromatic amines is 1. The molecule has 0 bridgehead atoms. The summed E-state index contributed by atoms with van der Waals surface area (Å²) in [6.45, 7) is 0. The van der Waals surface area contributed by atoms with Crippen LogP contribution in [0.25, 0.3) is 11.0 Å². The Morgan fingerprint density at radius 1 is 1.14 bits per heavy atom. The first-order chi connectivity index (χ1) is 10.1. The summed E-state index contributed by atoms with van der Waals surface area (Å²) in [7, 11) is 3.61. The van der Waals surface area contributed by atoms with E-state index in [0.29, 0.717) is 5.69 Å². The number of nitrogens with one attached hydrogen (secondary N) is 1. The zero-order valence-corrected chi connectivity index (χ0v) is 11.8. The summed E-state index contributed by atoms with van der Waals surface area (Å²) < 4.78 is 13.6. The van der Waals surface area contributed by atoms with Crippen LogP contribution in [0.5, 0.6) is 0 Å². The number of anilines is 1. The van der Waals surface area contributed by atoms with Gasteiger partial charge in [-0.2, -0.15) is 0 Å². The maximum atomic E-state index is 13.6. The van der Waals surface area contributed by atoms with Crippen LogP contribution in [-0.4, -0.2) is 24.1 Å². The van der Waals surface area contributed by atoms with Crippen molar-refractivity contribution in [1.29, 1.82) is 0 Å². The minimum absolute atomic E-state index is 0.250. The number of fused-ring (bicyclic) bond motifs is 1. The molecular formula is C17H14FN3. The topological polar surface area (TPSA) is 31.9 Å². The van der Waals surface area contributed by atoms with Crippen LogP contribution in [0.15, 0.2) is 42.6 Å². The van der Waals surface area contributed by atoms with Crippen molar-refractivity contribution >= 4 is 16.7 Å². The van der Waals surface area contributed by atoms with Gasteiger partial charge in [0.15, 0.2) is 0 Å². The second kappa shape index (κ2) is 5.29. The van der Waals surface area contributed by atoms with E-state index in [1.54, 1.807) is 37.3 Å². The van der Waals surface area contributed by atoms with E-state index >= 15 is 0 Å². The summed E-state index contributed by atoms with van der Waals surface area (Å²) in [5.74, 6) is 5.84. The maximum absolute atomic E-state index is 13.6. The predicted octanol–water partition coefficient (Wildman–Crippen LogP) is 3.17. The molecule has 0 amide bonds. The summed E-state index contributed by atoms with van der Waals surface area (Å²) in [5.41, 5.74) is 2.90. The van der Waals surface area contributed by atoms with Crippen LogP contribution in [0.1, 0.15) is 11.3 Å². The highest BCUT2D eigenvalue weighted by Gasteiger charge is 2.04. The molecule has 0 aliphatic heterocycles. The highest BCUT2D eigenvalue weighted by Crippen LogP contribution is 2.18. The van der Waals surface area contributed by atoms with Crippen molar-refractivity contribution in [2.45, 2.75) is 0 Å². The van der Waals surface area contributed by atoms with E-state index in [9.17, 15) is 4.39 Å². The molecule has 1 N–H and O–H groups in total. The van der Waals surface area contributed by atoms with Gasteiger partial charge in [0.1, 0.15) is 11.5 Å². The van der Waals surface area contributed by atoms with Crippen LogP contribution >= 0.6 is 0 Å². The monoisotopic (exact) mass is 279 g/mol. The van der Waals surface area contributed by atoms with Gasteiger partial charge in [-0.1, -0.05) is 5.92 Å². The lowest BCUT2D eigenvalue weighted by Crippen LogP contribution is -2.10. The lowest BCUT2D eigenvalue weighted by Gasteiger charge is -2.13. The number of hydrogen-bond donors (Lipinski definition) is 1. The first kappa shape index (κ1) is 13.2. The third-order valence-electron chi connectivity index (χ3n) is 3.16. The van der Waals surface area contributed by atoms with Gasteiger partial charge >= 0.3 is 0 Å². The summed E-state index contributed by atoms with van der Waals surface area (Å²) in [6.07, 6.45) is 1.74. The Morgan fingerprint density at radius 2 is 2.00 bits per heavy atom. The summed E-state index contributed by atoms with van der Waals surface area (Å²) in [4.78, 5) is 9.10. The zero-order chi connectivity index (χ0) is 14.8. The second-order valence-electron chi connectivity index (χ2n) is 4.93. The molecule has 0 aliphatic carbocycles. The fraction of sp³-hybridized carbons (Fsp3) is 0.118. The SMILES string of the molecule is CN(C)c1cc(C#Cc2cc3cccnc3[nH]2)ccc1F. The van der Waals surface area contributed by atoms with Crippen molar-refractivity contribution < 1.29 is 4.39 Å². The van der Waals surface area contributed by atoms with Crippen molar-refractivity contribution in [2.24, 2.45) is 0 Å². The first-order valence-corrected chi connectivity index (χ1v) is 6.56. The number of benzene rings is 1. The molecule has 21 heavy (non-hydrogen) atoms. The Balaban J connectivity index is 1.95. The molecule has 2 aromatic heterocycles. The van der Waals surface area contributed by atoms with Crippen molar-refractivity contribution in [1.82, 2.24) is 9.97 Å². The van der Waals surface area contributed by atoms with Crippen molar-refractivity contribution in [3.05, 3.63) is 59.7 Å². The average molecular weight is 279 g/mol. The summed E-state index contributed by atoms with van der Waals surface area (Å²) in [5, 5.41) is 1.02. The number of H-pyrrole nitrogens is 1. The summed E-state index contributed by atoms with van der Waals surface area (Å²) >= 11 is 0. The fourth-order valence-electron chi connectivity index (χ4n) is 2.10. The lowest BCUT2D eigenvalue weighted by molar-refractivity contribution is 0.626. The molecule has 1 aromatic carbocycles. The Hall–Kier alpha value is -2.80. The van der Waals surface area contributed by atoms with E-state index in [0.717, 1.165) is 22.3 Å². The van der Waals surface area contributed by atoms with Crippen molar-refractivity contribution in [2.75, 3.05) is 19.0 Å². The number of halogens is 1. The van der Waals surface area contributed by atoms with E-state index in [4.69, 9.17) is 0 Å². The van der Waals surface area contributed by atoms with Gasteiger partial charge in [-0.3, -0.25) is 0 Å². The minimum atomic E-state index is -0.250. The molecule has 0 fully saturated rings. The standard InChI is InChI=1S/C17H14FN3/c1-21(2)16-10-12(6-8-15(16)18)5-7-14-11-13-4-3-9-19-17(13)20-14/h3-4,6,8-11H,1-2H3,(H,19,20). The molecule has 0 aliphatic rings. The molecule has 0 saturated heterocycles. The van der Waals surface area contributed by atoms with Crippen LogP contribution in [0.4, 0.5) is 10.1 Å². The van der Waals surface area contributed by atoms with Gasteiger partial charge in [0.2, 0.25) is 0 Å². The lowest BCUT2D eigenvalue weighted by atomic mass is 10.2. The third kappa shape index (κ3) is 2.72. The van der Waals surface area contributed by atoms with Gasteiger partial charge in [-0.15, -0.1) is 0 Å². The second-order valence-corrected chi connectivity index (χ2v) is 4.93. The highest BCUT2D eigenvalue weighted by atomic mass is 19.1.